The second-order valence-corrected chi connectivity index (χ2v) is 9.89. The van der Waals surface area contributed by atoms with Gasteiger partial charge >= 0.3 is 11.9 Å². The van der Waals surface area contributed by atoms with Gasteiger partial charge in [0, 0.05) is 0 Å². The number of rotatable bonds is 10. The molecule has 0 saturated carbocycles. The fourth-order valence-corrected chi connectivity index (χ4v) is 3.38. The lowest BCUT2D eigenvalue weighted by atomic mass is 9.70. The first-order valence-electron chi connectivity index (χ1n) is 9.97. The lowest BCUT2D eigenvalue weighted by molar-refractivity contribution is -0.176. The van der Waals surface area contributed by atoms with E-state index in [9.17, 15) is 9.59 Å². The van der Waals surface area contributed by atoms with E-state index in [1.807, 2.05) is 27.7 Å². The third-order valence-corrected chi connectivity index (χ3v) is 6.38. The van der Waals surface area contributed by atoms with Gasteiger partial charge in [0.15, 0.2) is 0 Å². The molecule has 0 spiro atoms. The molecule has 0 aromatic carbocycles. The molecule has 0 aliphatic rings. The van der Waals surface area contributed by atoms with E-state index < -0.39 is 10.8 Å². The summed E-state index contributed by atoms with van der Waals surface area (Å²) in [6.45, 7) is 20.8. The SMILES string of the molecule is CCC(C)(C)CC(C)(CC)C(=O)OC(=O)C(C)(CC)CC(C)(C)CC. The Kier molecular flexibility index (Phi) is 8.39. The Hall–Kier alpha value is -0.860. The molecule has 0 bridgehead atoms. The number of carbonyl (C=O) groups is 2. The lowest BCUT2D eigenvalue weighted by Crippen LogP contribution is -2.40. The van der Waals surface area contributed by atoms with E-state index in [0.717, 1.165) is 25.7 Å². The van der Waals surface area contributed by atoms with Crippen LogP contribution in [0.1, 0.15) is 108 Å². The van der Waals surface area contributed by atoms with Crippen LogP contribution >= 0.6 is 0 Å². The third-order valence-electron chi connectivity index (χ3n) is 6.38. The quantitative estimate of drug-likeness (QED) is 0.330. The highest BCUT2D eigenvalue weighted by Crippen LogP contribution is 2.42. The summed E-state index contributed by atoms with van der Waals surface area (Å²) in [4.78, 5) is 25.7. The summed E-state index contributed by atoms with van der Waals surface area (Å²) in [5, 5.41) is 0. The van der Waals surface area contributed by atoms with Gasteiger partial charge in [-0.1, -0.05) is 68.2 Å². The van der Waals surface area contributed by atoms with Gasteiger partial charge in [-0.2, -0.15) is 0 Å². The molecule has 0 aliphatic heterocycles. The van der Waals surface area contributed by atoms with Crippen molar-refractivity contribution < 1.29 is 14.3 Å². The van der Waals surface area contributed by atoms with Crippen LogP contribution in [0.25, 0.3) is 0 Å². The zero-order valence-corrected chi connectivity index (χ0v) is 18.5. The van der Waals surface area contributed by atoms with Crippen LogP contribution < -0.4 is 0 Å². The highest BCUT2D eigenvalue weighted by Gasteiger charge is 2.43. The maximum Gasteiger partial charge on any atom is 0.319 e. The summed E-state index contributed by atoms with van der Waals surface area (Å²) in [6.07, 6.45) is 4.77. The first-order valence-corrected chi connectivity index (χ1v) is 9.97. The van der Waals surface area contributed by atoms with E-state index in [0.29, 0.717) is 12.8 Å². The predicted molar refractivity (Wildman–Crippen MR) is 105 cm³/mol. The number of esters is 2. The fourth-order valence-electron chi connectivity index (χ4n) is 3.38. The Morgan fingerprint density at radius 3 is 1.08 bits per heavy atom. The van der Waals surface area contributed by atoms with Gasteiger partial charge in [0.1, 0.15) is 0 Å². The minimum absolute atomic E-state index is 0.0467. The van der Waals surface area contributed by atoms with Crippen LogP contribution in [0, 0.1) is 21.7 Å². The van der Waals surface area contributed by atoms with Gasteiger partial charge in [-0.05, 0) is 50.4 Å². The molecule has 0 rings (SSSR count). The van der Waals surface area contributed by atoms with Crippen molar-refractivity contribution >= 4 is 11.9 Å². The van der Waals surface area contributed by atoms with Crippen LogP contribution in [-0.4, -0.2) is 11.9 Å². The Bertz CT molecular complexity index is 422. The Labute approximate surface area is 156 Å². The van der Waals surface area contributed by atoms with Gasteiger partial charge in [0.2, 0.25) is 0 Å². The minimum atomic E-state index is -0.621. The van der Waals surface area contributed by atoms with Crippen LogP contribution in [0.3, 0.4) is 0 Å². The zero-order valence-electron chi connectivity index (χ0n) is 18.5. The van der Waals surface area contributed by atoms with Crippen molar-refractivity contribution in [3.05, 3.63) is 0 Å². The average molecular weight is 355 g/mol. The Morgan fingerprint density at radius 2 is 0.880 bits per heavy atom. The van der Waals surface area contributed by atoms with Crippen LogP contribution in [-0.2, 0) is 14.3 Å². The first kappa shape index (κ1) is 24.1. The summed E-state index contributed by atoms with van der Waals surface area (Å²) in [6, 6.07) is 0. The third kappa shape index (κ3) is 6.75. The molecule has 0 fully saturated rings. The van der Waals surface area contributed by atoms with Crippen LogP contribution in [0.15, 0.2) is 0 Å². The molecule has 0 N–H and O–H groups in total. The van der Waals surface area contributed by atoms with Gasteiger partial charge in [-0.15, -0.1) is 0 Å². The van der Waals surface area contributed by atoms with Gasteiger partial charge in [-0.25, -0.2) is 0 Å². The van der Waals surface area contributed by atoms with Crippen LogP contribution in [0.5, 0.6) is 0 Å². The number of ether oxygens (including phenoxy) is 1. The van der Waals surface area contributed by atoms with Gasteiger partial charge < -0.3 is 4.74 Å². The molecular weight excluding hydrogens is 312 g/mol. The predicted octanol–water partition coefficient (Wildman–Crippen LogP) is 6.54. The molecule has 0 aromatic rings. The summed E-state index contributed by atoms with van der Waals surface area (Å²) in [5.41, 5.74) is -1.15. The maximum atomic E-state index is 12.9. The second kappa shape index (κ2) is 8.68. The van der Waals surface area contributed by atoms with Crippen molar-refractivity contribution in [1.82, 2.24) is 0 Å². The molecule has 148 valence electrons. The Morgan fingerprint density at radius 1 is 0.600 bits per heavy atom. The highest BCUT2D eigenvalue weighted by molar-refractivity contribution is 5.91. The molecule has 0 saturated heterocycles. The van der Waals surface area contributed by atoms with Gasteiger partial charge in [0.25, 0.3) is 0 Å². The molecular formula is C22H42O3. The number of hydrogen-bond donors (Lipinski definition) is 0. The average Bonchev–Trinajstić information content (AvgIpc) is 2.53. The normalized spacial score (nSPS) is 17.5. The zero-order chi connectivity index (χ0) is 20.1. The van der Waals surface area contributed by atoms with E-state index in [-0.39, 0.29) is 22.8 Å². The van der Waals surface area contributed by atoms with Crippen molar-refractivity contribution in [3.63, 3.8) is 0 Å². The summed E-state index contributed by atoms with van der Waals surface area (Å²) in [5.74, 6) is -0.731. The van der Waals surface area contributed by atoms with E-state index >= 15 is 0 Å². The topological polar surface area (TPSA) is 43.4 Å². The summed E-state index contributed by atoms with van der Waals surface area (Å²) >= 11 is 0. The standard InChI is InChI=1S/C22H42O3/c1-11-19(5,6)15-21(9,13-3)17(23)25-18(24)22(10,14-4)16-20(7,8)12-2/h11-16H2,1-10H3. The van der Waals surface area contributed by atoms with Crippen molar-refractivity contribution in [3.8, 4) is 0 Å². The van der Waals surface area contributed by atoms with Gasteiger partial charge in [0.05, 0.1) is 10.8 Å². The maximum absolute atomic E-state index is 12.9. The van der Waals surface area contributed by atoms with E-state index in [4.69, 9.17) is 4.74 Å². The smallest absolute Gasteiger partial charge is 0.319 e. The number of hydrogen-bond acceptors (Lipinski definition) is 3. The molecule has 3 heteroatoms. The first-order chi connectivity index (χ1) is 11.2. The minimum Gasteiger partial charge on any atom is -0.392 e. The summed E-state index contributed by atoms with van der Waals surface area (Å²) in [7, 11) is 0. The van der Waals surface area contributed by atoms with Crippen molar-refractivity contribution in [2.24, 2.45) is 21.7 Å². The summed E-state index contributed by atoms with van der Waals surface area (Å²) < 4.78 is 5.47. The molecule has 25 heavy (non-hydrogen) atoms. The number of carbonyl (C=O) groups excluding carboxylic acids is 2. The fraction of sp³-hybridized carbons (Fsp3) is 0.909. The second-order valence-electron chi connectivity index (χ2n) is 9.89. The molecule has 0 aliphatic carbocycles. The van der Waals surface area contributed by atoms with E-state index in [1.165, 1.54) is 0 Å². The van der Waals surface area contributed by atoms with Crippen LogP contribution in [0.2, 0.25) is 0 Å². The molecule has 3 nitrogen and oxygen atoms in total. The highest BCUT2D eigenvalue weighted by atomic mass is 16.6. The van der Waals surface area contributed by atoms with E-state index in [1.54, 1.807) is 0 Å². The molecule has 0 heterocycles. The molecule has 0 radical (unpaired) electrons. The monoisotopic (exact) mass is 354 g/mol. The van der Waals surface area contributed by atoms with Crippen molar-refractivity contribution in [1.29, 1.82) is 0 Å². The van der Waals surface area contributed by atoms with E-state index in [2.05, 4.69) is 41.5 Å². The Balaban J connectivity index is 5.32. The van der Waals surface area contributed by atoms with Crippen molar-refractivity contribution in [2.45, 2.75) is 108 Å². The largest absolute Gasteiger partial charge is 0.392 e. The lowest BCUT2D eigenvalue weighted by Gasteiger charge is -2.37. The molecule has 0 aromatic heterocycles. The van der Waals surface area contributed by atoms with Crippen molar-refractivity contribution in [2.75, 3.05) is 0 Å². The molecule has 2 unspecified atom stereocenters. The molecule has 2 atom stereocenters. The van der Waals surface area contributed by atoms with Gasteiger partial charge in [-0.3, -0.25) is 9.59 Å². The van der Waals surface area contributed by atoms with Crippen LogP contribution in [0.4, 0.5) is 0 Å². The molecule has 0 amide bonds.